The number of aromatic nitrogens is 1. The molecule has 1 heterocycles. The first kappa shape index (κ1) is 22.5. The van der Waals surface area contributed by atoms with Crippen LogP contribution in [0.1, 0.15) is 42.2 Å². The minimum absolute atomic E-state index is 0.0277. The van der Waals surface area contributed by atoms with Crippen molar-refractivity contribution in [3.63, 3.8) is 0 Å². The summed E-state index contributed by atoms with van der Waals surface area (Å²) in [6.45, 7) is 1.95. The lowest BCUT2D eigenvalue weighted by molar-refractivity contribution is -0.153. The molecule has 0 spiro atoms. The summed E-state index contributed by atoms with van der Waals surface area (Å²) in [7, 11) is 0. The first-order valence-corrected chi connectivity index (χ1v) is 9.02. The topological polar surface area (TPSA) is 80.3 Å². The molecular weight excluding hydrogens is 411 g/mol. The highest BCUT2D eigenvalue weighted by molar-refractivity contribution is 6.31. The van der Waals surface area contributed by atoms with Crippen molar-refractivity contribution in [2.75, 3.05) is 11.9 Å². The molecule has 1 atom stereocenters. The minimum atomic E-state index is -4.45. The number of hydrogen-bond acceptors (Lipinski definition) is 4. The summed E-state index contributed by atoms with van der Waals surface area (Å²) in [6.07, 6.45) is -2.78. The zero-order valence-electron chi connectivity index (χ0n) is 15.6. The summed E-state index contributed by atoms with van der Waals surface area (Å²) < 4.78 is 41.4. The highest BCUT2D eigenvalue weighted by Gasteiger charge is 2.28. The lowest BCUT2D eigenvalue weighted by atomic mass is 10.1. The predicted octanol–water partition coefficient (Wildman–Crippen LogP) is 4.52. The molecular formula is C19H19ClF3N3O3. The summed E-state index contributed by atoms with van der Waals surface area (Å²) in [5.74, 6) is -0.440. The number of hydrogen-bond donors (Lipinski definition) is 2. The molecule has 2 aromatic rings. The predicted molar refractivity (Wildman–Crippen MR) is 102 cm³/mol. The van der Waals surface area contributed by atoms with Gasteiger partial charge in [-0.2, -0.15) is 13.2 Å². The van der Waals surface area contributed by atoms with E-state index in [-0.39, 0.29) is 34.5 Å². The molecule has 0 bridgehead atoms. The number of pyridine rings is 1. The highest BCUT2D eigenvalue weighted by Crippen LogP contribution is 2.28. The molecule has 1 unspecified atom stereocenters. The van der Waals surface area contributed by atoms with E-state index in [4.69, 9.17) is 11.6 Å². The zero-order valence-corrected chi connectivity index (χ0v) is 16.4. The fraction of sp³-hybridized carbons (Fsp3) is 0.316. The molecule has 0 saturated carbocycles. The van der Waals surface area contributed by atoms with E-state index in [1.807, 2.05) is 0 Å². The number of amides is 2. The third-order valence-electron chi connectivity index (χ3n) is 3.80. The Bertz CT molecular complexity index is 890. The highest BCUT2D eigenvalue weighted by atomic mass is 35.5. The zero-order chi connectivity index (χ0) is 21.6. The number of nitrogens with one attached hydrogen (secondary N) is 2. The molecule has 10 heteroatoms. The summed E-state index contributed by atoms with van der Waals surface area (Å²) in [4.78, 5) is 27.9. The second kappa shape index (κ2) is 9.60. The molecule has 156 valence electrons. The fourth-order valence-electron chi connectivity index (χ4n) is 2.34. The van der Waals surface area contributed by atoms with Crippen LogP contribution in [0.15, 0.2) is 36.5 Å². The van der Waals surface area contributed by atoms with Crippen molar-refractivity contribution in [2.45, 2.75) is 32.5 Å². The molecule has 0 saturated heterocycles. The van der Waals surface area contributed by atoms with Gasteiger partial charge in [-0.05, 0) is 36.8 Å². The first-order valence-electron chi connectivity index (χ1n) is 8.65. The standard InChI is InChI=1S/C19H19ClF3N3O3/c1-3-17(27)26-16-8-12(6-7-24-16)18(28)25-11(2)14-5-4-13(9-15(14)20)29-10-19(21,22)23/h4-9,11H,3,10H2,1-2H3,(H,25,28)(H,24,26,27). The van der Waals surface area contributed by atoms with Crippen LogP contribution in [0.25, 0.3) is 0 Å². The van der Waals surface area contributed by atoms with E-state index in [1.54, 1.807) is 13.8 Å². The first-order chi connectivity index (χ1) is 13.6. The Labute approximate surface area is 170 Å². The van der Waals surface area contributed by atoms with E-state index in [1.165, 1.54) is 36.5 Å². The number of halogens is 4. The molecule has 2 amide bonds. The summed E-state index contributed by atoms with van der Waals surface area (Å²) in [5, 5.41) is 5.46. The van der Waals surface area contributed by atoms with Gasteiger partial charge in [-0.3, -0.25) is 9.59 Å². The molecule has 1 aromatic carbocycles. The number of carbonyl (C=O) groups is 2. The van der Waals surface area contributed by atoms with Gasteiger partial charge in [-0.1, -0.05) is 24.6 Å². The molecule has 0 aliphatic heterocycles. The van der Waals surface area contributed by atoms with Crippen LogP contribution < -0.4 is 15.4 Å². The monoisotopic (exact) mass is 429 g/mol. The van der Waals surface area contributed by atoms with Gasteiger partial charge < -0.3 is 15.4 Å². The number of ether oxygens (including phenoxy) is 1. The van der Waals surface area contributed by atoms with Crippen LogP contribution in [0.3, 0.4) is 0 Å². The minimum Gasteiger partial charge on any atom is -0.484 e. The molecule has 0 fully saturated rings. The van der Waals surface area contributed by atoms with Gasteiger partial charge in [-0.25, -0.2) is 4.98 Å². The Hall–Kier alpha value is -2.81. The van der Waals surface area contributed by atoms with Crippen LogP contribution in [-0.4, -0.2) is 29.6 Å². The van der Waals surface area contributed by atoms with Gasteiger partial charge in [0.1, 0.15) is 11.6 Å². The third kappa shape index (κ3) is 6.94. The van der Waals surface area contributed by atoms with Crippen LogP contribution >= 0.6 is 11.6 Å². The van der Waals surface area contributed by atoms with E-state index < -0.39 is 24.7 Å². The van der Waals surface area contributed by atoms with Gasteiger partial charge in [0.15, 0.2) is 6.61 Å². The van der Waals surface area contributed by atoms with Crippen molar-refractivity contribution >= 4 is 29.2 Å². The number of carbonyl (C=O) groups excluding carboxylic acids is 2. The van der Waals surface area contributed by atoms with Gasteiger partial charge in [-0.15, -0.1) is 0 Å². The summed E-state index contributed by atoms with van der Waals surface area (Å²) in [5.41, 5.74) is 0.785. The van der Waals surface area contributed by atoms with Crippen LogP contribution in [0, 0.1) is 0 Å². The average molecular weight is 430 g/mol. The van der Waals surface area contributed by atoms with Gasteiger partial charge in [0.25, 0.3) is 5.91 Å². The Kier molecular flexibility index (Phi) is 7.44. The largest absolute Gasteiger partial charge is 0.484 e. The molecule has 2 rings (SSSR count). The van der Waals surface area contributed by atoms with Crippen molar-refractivity contribution in [2.24, 2.45) is 0 Å². The number of benzene rings is 1. The normalized spacial score (nSPS) is 12.2. The Balaban J connectivity index is 2.06. The lowest BCUT2D eigenvalue weighted by Gasteiger charge is -2.17. The van der Waals surface area contributed by atoms with Gasteiger partial charge in [0.2, 0.25) is 5.91 Å². The molecule has 0 aliphatic rings. The average Bonchev–Trinajstić information content (AvgIpc) is 2.65. The van der Waals surface area contributed by atoms with Crippen molar-refractivity contribution in [1.82, 2.24) is 10.3 Å². The summed E-state index contributed by atoms with van der Waals surface area (Å²) in [6, 6.07) is 6.48. The van der Waals surface area contributed by atoms with Gasteiger partial charge in [0, 0.05) is 23.2 Å². The second-order valence-corrected chi connectivity index (χ2v) is 6.52. The van der Waals surface area contributed by atoms with E-state index in [0.717, 1.165) is 0 Å². The second-order valence-electron chi connectivity index (χ2n) is 6.11. The van der Waals surface area contributed by atoms with E-state index in [9.17, 15) is 22.8 Å². The number of nitrogens with zero attached hydrogens (tertiary/aromatic N) is 1. The van der Waals surface area contributed by atoms with Crippen LogP contribution in [0.2, 0.25) is 5.02 Å². The smallest absolute Gasteiger partial charge is 0.422 e. The maximum Gasteiger partial charge on any atom is 0.422 e. The third-order valence-corrected chi connectivity index (χ3v) is 4.13. The Morgan fingerprint density at radius 3 is 2.59 bits per heavy atom. The van der Waals surface area contributed by atoms with Crippen molar-refractivity contribution in [3.05, 3.63) is 52.7 Å². The molecule has 29 heavy (non-hydrogen) atoms. The van der Waals surface area contributed by atoms with Crippen LogP contribution in [0.4, 0.5) is 19.0 Å². The van der Waals surface area contributed by atoms with Crippen LogP contribution in [-0.2, 0) is 4.79 Å². The van der Waals surface area contributed by atoms with Crippen molar-refractivity contribution in [1.29, 1.82) is 0 Å². The SMILES string of the molecule is CCC(=O)Nc1cc(C(=O)NC(C)c2ccc(OCC(F)(F)F)cc2Cl)ccn1. The van der Waals surface area contributed by atoms with E-state index in [0.29, 0.717) is 5.56 Å². The maximum atomic E-state index is 12.5. The van der Waals surface area contributed by atoms with Crippen molar-refractivity contribution in [3.8, 4) is 5.75 Å². The number of rotatable bonds is 7. The van der Waals surface area contributed by atoms with Crippen LogP contribution in [0.5, 0.6) is 5.75 Å². The summed E-state index contributed by atoms with van der Waals surface area (Å²) >= 11 is 6.13. The molecule has 2 N–H and O–H groups in total. The van der Waals surface area contributed by atoms with Gasteiger partial charge in [0.05, 0.1) is 6.04 Å². The molecule has 0 radical (unpaired) electrons. The lowest BCUT2D eigenvalue weighted by Crippen LogP contribution is -2.27. The Morgan fingerprint density at radius 2 is 1.97 bits per heavy atom. The molecule has 1 aromatic heterocycles. The molecule has 6 nitrogen and oxygen atoms in total. The molecule has 0 aliphatic carbocycles. The van der Waals surface area contributed by atoms with E-state index >= 15 is 0 Å². The Morgan fingerprint density at radius 1 is 1.24 bits per heavy atom. The number of anilines is 1. The van der Waals surface area contributed by atoms with Crippen molar-refractivity contribution < 1.29 is 27.5 Å². The van der Waals surface area contributed by atoms with E-state index in [2.05, 4.69) is 20.4 Å². The van der Waals surface area contributed by atoms with Gasteiger partial charge >= 0.3 is 6.18 Å². The quantitative estimate of drug-likeness (QED) is 0.678. The fourth-order valence-corrected chi connectivity index (χ4v) is 2.68. The maximum absolute atomic E-state index is 12.5. The number of alkyl halides is 3.